The van der Waals surface area contributed by atoms with Crippen molar-refractivity contribution in [3.8, 4) is 0 Å². The van der Waals surface area contributed by atoms with Crippen molar-refractivity contribution in [3.63, 3.8) is 0 Å². The predicted octanol–water partition coefficient (Wildman–Crippen LogP) is 1.52. The van der Waals surface area contributed by atoms with E-state index in [0.717, 1.165) is 0 Å². The number of alkyl halides is 3. The summed E-state index contributed by atoms with van der Waals surface area (Å²) in [5.74, 6) is -0.935. The summed E-state index contributed by atoms with van der Waals surface area (Å²) in [5, 5.41) is 19.5. The van der Waals surface area contributed by atoms with Crippen LogP contribution in [0.3, 0.4) is 0 Å². The van der Waals surface area contributed by atoms with E-state index in [1.807, 2.05) is 0 Å². The van der Waals surface area contributed by atoms with Crippen molar-refractivity contribution in [2.24, 2.45) is 0 Å². The van der Waals surface area contributed by atoms with Gasteiger partial charge in [-0.05, 0) is 0 Å². The van der Waals surface area contributed by atoms with Crippen LogP contribution in [-0.4, -0.2) is 46.7 Å². The summed E-state index contributed by atoms with van der Waals surface area (Å²) in [6.07, 6.45) is -5.14. The van der Waals surface area contributed by atoms with Gasteiger partial charge in [-0.25, -0.2) is 0 Å². The number of para-hydroxylation sites is 1. The van der Waals surface area contributed by atoms with E-state index in [0.29, 0.717) is 4.90 Å². The molecule has 1 aromatic carbocycles. The topological polar surface area (TPSA) is 83.7 Å². The van der Waals surface area contributed by atoms with Gasteiger partial charge in [0, 0.05) is 18.2 Å². The number of amides is 1. The molecule has 0 fully saturated rings. The first-order valence-corrected chi connectivity index (χ1v) is 5.92. The third-order valence-electron chi connectivity index (χ3n) is 2.62. The van der Waals surface area contributed by atoms with Gasteiger partial charge in [0.05, 0.1) is 18.0 Å². The SMILES string of the molecule is O=C(Cc1ccccc1[N+](=O)[O-])N(CCO)CC(F)(F)F. The van der Waals surface area contributed by atoms with Crippen LogP contribution in [0.5, 0.6) is 0 Å². The molecule has 21 heavy (non-hydrogen) atoms. The molecule has 1 N–H and O–H groups in total. The van der Waals surface area contributed by atoms with Crippen LogP contribution >= 0.6 is 0 Å². The largest absolute Gasteiger partial charge is 0.406 e. The van der Waals surface area contributed by atoms with Gasteiger partial charge in [0.25, 0.3) is 5.69 Å². The zero-order chi connectivity index (χ0) is 16.0. The lowest BCUT2D eigenvalue weighted by molar-refractivity contribution is -0.385. The summed E-state index contributed by atoms with van der Waals surface area (Å²) in [6.45, 7) is -2.62. The van der Waals surface area contributed by atoms with Crippen LogP contribution in [0.1, 0.15) is 5.56 Å². The van der Waals surface area contributed by atoms with Crippen molar-refractivity contribution >= 4 is 11.6 Å². The second-order valence-corrected chi connectivity index (χ2v) is 4.22. The first-order chi connectivity index (χ1) is 9.74. The van der Waals surface area contributed by atoms with Gasteiger partial charge in [-0.2, -0.15) is 13.2 Å². The summed E-state index contributed by atoms with van der Waals surface area (Å²) in [6, 6.07) is 5.33. The van der Waals surface area contributed by atoms with Gasteiger partial charge < -0.3 is 10.0 Å². The first kappa shape index (κ1) is 16.9. The molecule has 0 aliphatic heterocycles. The second-order valence-electron chi connectivity index (χ2n) is 4.22. The molecule has 0 atom stereocenters. The maximum absolute atomic E-state index is 12.4. The second kappa shape index (κ2) is 7.02. The predicted molar refractivity (Wildman–Crippen MR) is 66.5 cm³/mol. The molecular weight excluding hydrogens is 293 g/mol. The number of nitrogens with zero attached hydrogens (tertiary/aromatic N) is 2. The lowest BCUT2D eigenvalue weighted by Crippen LogP contribution is -2.41. The maximum atomic E-state index is 12.4. The monoisotopic (exact) mass is 306 g/mol. The third-order valence-corrected chi connectivity index (χ3v) is 2.62. The lowest BCUT2D eigenvalue weighted by atomic mass is 10.1. The van der Waals surface area contributed by atoms with Crippen LogP contribution in [0.25, 0.3) is 0 Å². The fourth-order valence-corrected chi connectivity index (χ4v) is 1.74. The molecule has 0 aliphatic carbocycles. The average Bonchev–Trinajstić information content (AvgIpc) is 2.37. The molecule has 0 aromatic heterocycles. The van der Waals surface area contributed by atoms with Gasteiger partial charge in [-0.3, -0.25) is 14.9 Å². The molecule has 116 valence electrons. The van der Waals surface area contributed by atoms with Crippen molar-refractivity contribution < 1.29 is 28.0 Å². The van der Waals surface area contributed by atoms with Gasteiger partial charge in [0.1, 0.15) is 6.54 Å². The summed E-state index contributed by atoms with van der Waals surface area (Å²) in [7, 11) is 0. The number of carbonyl (C=O) groups is 1. The molecule has 0 spiro atoms. The van der Waals surface area contributed by atoms with E-state index < -0.39 is 43.1 Å². The normalized spacial score (nSPS) is 11.2. The Balaban J connectivity index is 2.89. The zero-order valence-electron chi connectivity index (χ0n) is 10.8. The van der Waals surface area contributed by atoms with Crippen molar-refractivity contribution in [1.82, 2.24) is 4.90 Å². The summed E-state index contributed by atoms with van der Waals surface area (Å²) >= 11 is 0. The lowest BCUT2D eigenvalue weighted by Gasteiger charge is -2.23. The minimum Gasteiger partial charge on any atom is -0.395 e. The van der Waals surface area contributed by atoms with E-state index in [2.05, 4.69) is 0 Å². The van der Waals surface area contributed by atoms with E-state index in [-0.39, 0.29) is 11.3 Å². The average molecular weight is 306 g/mol. The zero-order valence-corrected chi connectivity index (χ0v) is 10.8. The quantitative estimate of drug-likeness (QED) is 0.638. The Morgan fingerprint density at radius 1 is 1.33 bits per heavy atom. The minimum absolute atomic E-state index is 0.0256. The van der Waals surface area contributed by atoms with Gasteiger partial charge in [-0.15, -0.1) is 0 Å². The summed E-state index contributed by atoms with van der Waals surface area (Å²) < 4.78 is 37.1. The van der Waals surface area contributed by atoms with E-state index in [1.54, 1.807) is 0 Å². The smallest absolute Gasteiger partial charge is 0.395 e. The van der Waals surface area contributed by atoms with Crippen molar-refractivity contribution in [3.05, 3.63) is 39.9 Å². The van der Waals surface area contributed by atoms with Crippen LogP contribution in [0.15, 0.2) is 24.3 Å². The standard InChI is InChI=1S/C12H13F3N2O4/c13-12(14,15)8-16(5-6-18)11(19)7-9-3-1-2-4-10(9)17(20)21/h1-4,18H,5-8H2. The highest BCUT2D eigenvalue weighted by Gasteiger charge is 2.33. The molecule has 1 amide bonds. The van der Waals surface area contributed by atoms with Crippen LogP contribution in [0.2, 0.25) is 0 Å². The van der Waals surface area contributed by atoms with Crippen molar-refractivity contribution in [2.75, 3.05) is 19.7 Å². The number of nitro benzene ring substituents is 1. The fraction of sp³-hybridized carbons (Fsp3) is 0.417. The summed E-state index contributed by atoms with van der Waals surface area (Å²) in [4.78, 5) is 22.4. The highest BCUT2D eigenvalue weighted by atomic mass is 19.4. The Hall–Kier alpha value is -2.16. The van der Waals surface area contributed by atoms with Gasteiger partial charge >= 0.3 is 6.18 Å². The van der Waals surface area contributed by atoms with E-state index in [1.165, 1.54) is 24.3 Å². The van der Waals surface area contributed by atoms with Crippen molar-refractivity contribution in [1.29, 1.82) is 0 Å². The number of rotatable bonds is 6. The van der Waals surface area contributed by atoms with Crippen LogP contribution in [0, 0.1) is 10.1 Å². The molecule has 0 bridgehead atoms. The molecule has 0 aliphatic rings. The number of aliphatic hydroxyl groups is 1. The Labute approximate surface area is 117 Å². The maximum Gasteiger partial charge on any atom is 0.406 e. The van der Waals surface area contributed by atoms with E-state index >= 15 is 0 Å². The first-order valence-electron chi connectivity index (χ1n) is 5.92. The molecule has 1 rings (SSSR count). The van der Waals surface area contributed by atoms with E-state index in [9.17, 15) is 28.1 Å². The highest BCUT2D eigenvalue weighted by Crippen LogP contribution is 2.21. The minimum atomic E-state index is -4.60. The number of carbonyl (C=O) groups excluding carboxylic acids is 1. The summed E-state index contributed by atoms with van der Waals surface area (Å²) in [5.41, 5.74) is -0.306. The van der Waals surface area contributed by atoms with Crippen LogP contribution < -0.4 is 0 Å². The van der Waals surface area contributed by atoms with Crippen molar-refractivity contribution in [2.45, 2.75) is 12.6 Å². The number of halogens is 3. The fourth-order valence-electron chi connectivity index (χ4n) is 1.74. The molecular formula is C12H13F3N2O4. The molecule has 0 heterocycles. The molecule has 6 nitrogen and oxygen atoms in total. The van der Waals surface area contributed by atoms with Crippen LogP contribution in [0.4, 0.5) is 18.9 Å². The number of hydrogen-bond acceptors (Lipinski definition) is 4. The Morgan fingerprint density at radius 2 is 1.95 bits per heavy atom. The van der Waals surface area contributed by atoms with Gasteiger partial charge in [0.15, 0.2) is 0 Å². The molecule has 0 radical (unpaired) electrons. The third kappa shape index (κ3) is 5.38. The number of nitro groups is 1. The Kier molecular flexibility index (Phi) is 5.65. The molecule has 0 unspecified atom stereocenters. The van der Waals surface area contributed by atoms with Gasteiger partial charge in [0.2, 0.25) is 5.91 Å². The number of hydrogen-bond donors (Lipinski definition) is 1. The number of benzene rings is 1. The van der Waals surface area contributed by atoms with Crippen LogP contribution in [-0.2, 0) is 11.2 Å². The molecule has 0 saturated heterocycles. The molecule has 9 heteroatoms. The molecule has 1 aromatic rings. The van der Waals surface area contributed by atoms with E-state index in [4.69, 9.17) is 5.11 Å². The molecule has 0 saturated carbocycles. The Morgan fingerprint density at radius 3 is 2.48 bits per heavy atom. The van der Waals surface area contributed by atoms with Gasteiger partial charge in [-0.1, -0.05) is 18.2 Å². The Bertz CT molecular complexity index is 519. The number of aliphatic hydroxyl groups excluding tert-OH is 1. The highest BCUT2D eigenvalue weighted by molar-refractivity contribution is 5.80.